The van der Waals surface area contributed by atoms with Crippen molar-refractivity contribution in [2.75, 3.05) is 37.5 Å². The van der Waals surface area contributed by atoms with E-state index in [4.69, 9.17) is 9.84 Å². The smallest absolute Gasteiger partial charge is 0.227 e. The van der Waals surface area contributed by atoms with Crippen LogP contribution >= 0.6 is 0 Å². The zero-order chi connectivity index (χ0) is 17.6. The minimum absolute atomic E-state index is 0.0568. The maximum absolute atomic E-state index is 9.15. The van der Waals surface area contributed by atoms with Gasteiger partial charge in [0.05, 0.1) is 19.2 Å². The summed E-state index contributed by atoms with van der Waals surface area (Å²) in [7, 11) is 3.53. The van der Waals surface area contributed by atoms with Crippen LogP contribution in [-0.4, -0.2) is 42.4 Å². The van der Waals surface area contributed by atoms with E-state index < -0.39 is 0 Å². The molecule has 0 bridgehead atoms. The lowest BCUT2D eigenvalue weighted by Crippen LogP contribution is -2.23. The van der Waals surface area contributed by atoms with Crippen LogP contribution in [0.4, 0.5) is 11.8 Å². The average Bonchev–Trinajstić information content (AvgIpc) is 2.66. The first-order valence-electron chi connectivity index (χ1n) is 8.17. The highest BCUT2D eigenvalue weighted by molar-refractivity contribution is 5.90. The fourth-order valence-corrected chi connectivity index (χ4v) is 2.55. The summed E-state index contributed by atoms with van der Waals surface area (Å²) in [5.74, 6) is 2.20. The third-order valence-corrected chi connectivity index (χ3v) is 3.99. The molecule has 0 aliphatic heterocycles. The minimum Gasteiger partial charge on any atom is -0.497 e. The molecule has 0 fully saturated rings. The molecule has 1 heterocycles. The van der Waals surface area contributed by atoms with Crippen molar-refractivity contribution < 1.29 is 9.84 Å². The molecule has 0 unspecified atom stereocenters. The Bertz CT molecular complexity index is 836. The van der Waals surface area contributed by atoms with Gasteiger partial charge in [0.25, 0.3) is 0 Å². The number of para-hydroxylation sites is 1. The number of rotatable bonds is 7. The van der Waals surface area contributed by atoms with Crippen LogP contribution in [-0.2, 0) is 6.54 Å². The van der Waals surface area contributed by atoms with E-state index in [1.54, 1.807) is 7.11 Å². The molecule has 0 amide bonds. The Morgan fingerprint density at radius 1 is 1.08 bits per heavy atom. The first kappa shape index (κ1) is 17.0. The molecular weight excluding hydrogens is 316 g/mol. The van der Waals surface area contributed by atoms with Crippen LogP contribution in [0.25, 0.3) is 10.9 Å². The fourth-order valence-electron chi connectivity index (χ4n) is 2.55. The van der Waals surface area contributed by atoms with Crippen molar-refractivity contribution in [2.24, 2.45) is 0 Å². The van der Waals surface area contributed by atoms with E-state index in [0.717, 1.165) is 28.0 Å². The first-order chi connectivity index (χ1) is 12.2. The number of hydrogen-bond acceptors (Lipinski definition) is 6. The molecule has 0 aliphatic carbocycles. The quantitative estimate of drug-likeness (QED) is 0.690. The molecule has 1 aromatic heterocycles. The number of nitrogens with zero attached hydrogens (tertiary/aromatic N) is 3. The van der Waals surface area contributed by atoms with Gasteiger partial charge in [-0.1, -0.05) is 24.3 Å². The second-order valence-electron chi connectivity index (χ2n) is 5.74. The van der Waals surface area contributed by atoms with Gasteiger partial charge >= 0.3 is 0 Å². The number of fused-ring (bicyclic) bond motifs is 1. The second-order valence-corrected chi connectivity index (χ2v) is 5.74. The van der Waals surface area contributed by atoms with Gasteiger partial charge in [-0.2, -0.15) is 4.98 Å². The highest BCUT2D eigenvalue weighted by Crippen LogP contribution is 2.23. The van der Waals surface area contributed by atoms with Gasteiger partial charge in [0.1, 0.15) is 11.6 Å². The van der Waals surface area contributed by atoms with Crippen molar-refractivity contribution >= 4 is 22.7 Å². The van der Waals surface area contributed by atoms with E-state index in [-0.39, 0.29) is 6.61 Å². The van der Waals surface area contributed by atoms with Crippen LogP contribution < -0.4 is 15.0 Å². The van der Waals surface area contributed by atoms with Crippen LogP contribution in [0.5, 0.6) is 5.75 Å². The summed E-state index contributed by atoms with van der Waals surface area (Å²) < 4.78 is 5.19. The zero-order valence-electron chi connectivity index (χ0n) is 14.4. The number of aliphatic hydroxyl groups is 1. The average molecular weight is 338 g/mol. The number of benzene rings is 2. The highest BCUT2D eigenvalue weighted by atomic mass is 16.5. The van der Waals surface area contributed by atoms with Crippen LogP contribution in [0.1, 0.15) is 5.56 Å². The van der Waals surface area contributed by atoms with Gasteiger partial charge in [-0.15, -0.1) is 0 Å². The van der Waals surface area contributed by atoms with Gasteiger partial charge in [0.2, 0.25) is 5.95 Å². The molecule has 2 N–H and O–H groups in total. The van der Waals surface area contributed by atoms with Crippen molar-refractivity contribution in [1.29, 1.82) is 0 Å². The molecule has 6 heteroatoms. The number of methoxy groups -OCH3 is 1. The Morgan fingerprint density at radius 3 is 2.56 bits per heavy atom. The van der Waals surface area contributed by atoms with E-state index in [1.807, 2.05) is 60.5 Å². The molecule has 0 aliphatic rings. The lowest BCUT2D eigenvalue weighted by molar-refractivity contribution is 0.303. The van der Waals surface area contributed by atoms with Gasteiger partial charge < -0.3 is 20.1 Å². The van der Waals surface area contributed by atoms with E-state index in [2.05, 4.69) is 15.3 Å². The summed E-state index contributed by atoms with van der Waals surface area (Å²) in [5, 5.41) is 13.5. The summed E-state index contributed by atoms with van der Waals surface area (Å²) in [6, 6.07) is 15.8. The molecule has 3 rings (SSSR count). The molecule has 0 atom stereocenters. The Morgan fingerprint density at radius 2 is 1.84 bits per heavy atom. The standard InChI is InChI=1S/C19H22N4O2/c1-23(11-12-24)19-21-17-6-4-3-5-16(17)18(22-19)20-13-14-7-9-15(25-2)10-8-14/h3-10,24H,11-13H2,1-2H3,(H,20,21,22). The lowest BCUT2D eigenvalue weighted by Gasteiger charge is -2.18. The van der Waals surface area contributed by atoms with Gasteiger partial charge in [-0.05, 0) is 29.8 Å². The second kappa shape index (κ2) is 7.81. The molecule has 0 radical (unpaired) electrons. The summed E-state index contributed by atoms with van der Waals surface area (Å²) in [6.45, 7) is 1.19. The minimum atomic E-state index is 0.0568. The topological polar surface area (TPSA) is 70.5 Å². The molecule has 3 aromatic rings. The molecule has 0 saturated heterocycles. The Kier molecular flexibility index (Phi) is 5.30. The number of aliphatic hydroxyl groups excluding tert-OH is 1. The van der Waals surface area contributed by atoms with E-state index in [1.165, 1.54) is 0 Å². The van der Waals surface area contributed by atoms with Crippen LogP contribution in [0, 0.1) is 0 Å². The first-order valence-corrected chi connectivity index (χ1v) is 8.17. The summed E-state index contributed by atoms with van der Waals surface area (Å²) in [5.41, 5.74) is 2.00. The lowest BCUT2D eigenvalue weighted by atomic mass is 10.2. The molecule has 0 saturated carbocycles. The monoisotopic (exact) mass is 338 g/mol. The van der Waals surface area contributed by atoms with Crippen LogP contribution in [0.15, 0.2) is 48.5 Å². The van der Waals surface area contributed by atoms with Crippen LogP contribution in [0.3, 0.4) is 0 Å². The van der Waals surface area contributed by atoms with Gasteiger partial charge in [-0.3, -0.25) is 0 Å². The Hall–Kier alpha value is -2.86. The largest absolute Gasteiger partial charge is 0.497 e. The third kappa shape index (κ3) is 3.97. The molecular formula is C19H22N4O2. The number of nitrogens with one attached hydrogen (secondary N) is 1. The maximum atomic E-state index is 9.15. The predicted molar refractivity (Wildman–Crippen MR) is 100 cm³/mol. The number of anilines is 2. The van der Waals surface area contributed by atoms with E-state index in [9.17, 15) is 0 Å². The van der Waals surface area contributed by atoms with Gasteiger partial charge in [0, 0.05) is 25.5 Å². The summed E-state index contributed by atoms with van der Waals surface area (Å²) in [6.07, 6.45) is 0. The normalized spacial score (nSPS) is 10.7. The van der Waals surface area contributed by atoms with Crippen molar-refractivity contribution in [3.8, 4) is 5.75 Å². The molecule has 6 nitrogen and oxygen atoms in total. The van der Waals surface area contributed by atoms with Crippen molar-refractivity contribution in [1.82, 2.24) is 9.97 Å². The summed E-state index contributed by atoms with van der Waals surface area (Å²) in [4.78, 5) is 11.1. The highest BCUT2D eigenvalue weighted by Gasteiger charge is 2.10. The molecule has 25 heavy (non-hydrogen) atoms. The predicted octanol–water partition coefficient (Wildman–Crippen LogP) is 2.68. The van der Waals surface area contributed by atoms with Crippen molar-refractivity contribution in [3.63, 3.8) is 0 Å². The van der Waals surface area contributed by atoms with E-state index in [0.29, 0.717) is 19.0 Å². The molecule has 0 spiro atoms. The molecule has 130 valence electrons. The van der Waals surface area contributed by atoms with Crippen molar-refractivity contribution in [3.05, 3.63) is 54.1 Å². The third-order valence-electron chi connectivity index (χ3n) is 3.99. The Balaban J connectivity index is 1.87. The fraction of sp³-hybridized carbons (Fsp3) is 0.263. The SMILES string of the molecule is COc1ccc(CNc2nc(N(C)CCO)nc3ccccc23)cc1. The number of hydrogen-bond donors (Lipinski definition) is 2. The van der Waals surface area contributed by atoms with Gasteiger partial charge in [0.15, 0.2) is 0 Å². The number of likely N-dealkylation sites (N-methyl/N-ethyl adjacent to an activating group) is 1. The van der Waals surface area contributed by atoms with Crippen molar-refractivity contribution in [2.45, 2.75) is 6.54 Å². The Labute approximate surface area is 147 Å². The van der Waals surface area contributed by atoms with Gasteiger partial charge in [-0.25, -0.2) is 4.98 Å². The molecule has 2 aromatic carbocycles. The summed E-state index contributed by atoms with van der Waals surface area (Å²) >= 11 is 0. The maximum Gasteiger partial charge on any atom is 0.227 e. The van der Waals surface area contributed by atoms with E-state index >= 15 is 0 Å². The zero-order valence-corrected chi connectivity index (χ0v) is 14.4. The number of aromatic nitrogens is 2. The van der Waals surface area contributed by atoms with Crippen LogP contribution in [0.2, 0.25) is 0 Å². The number of ether oxygens (including phenoxy) is 1.